The molecule has 2 rings (SSSR count). The maximum atomic E-state index is 13.4. The standard InChI is InChI=1S/C13H13ClFN3/c1-8-4-9(6-10(15)5-8)13(18-16)11-2-3-17-7-12(11)14/h2-7,13,18H,16H2,1H3. The maximum Gasteiger partial charge on any atom is 0.123 e. The first kappa shape index (κ1) is 13.0. The second-order valence-corrected chi connectivity index (χ2v) is 4.47. The van der Waals surface area contributed by atoms with Crippen LogP contribution in [0.25, 0.3) is 0 Å². The zero-order chi connectivity index (χ0) is 13.1. The van der Waals surface area contributed by atoms with E-state index in [0.29, 0.717) is 5.02 Å². The fourth-order valence-electron chi connectivity index (χ4n) is 1.92. The SMILES string of the molecule is Cc1cc(F)cc(C(NN)c2ccncc2Cl)c1. The lowest BCUT2D eigenvalue weighted by Gasteiger charge is -2.18. The summed E-state index contributed by atoms with van der Waals surface area (Å²) in [5.41, 5.74) is 4.97. The molecule has 2 aromatic rings. The average molecular weight is 266 g/mol. The number of nitrogens with zero attached hydrogens (tertiary/aromatic N) is 1. The second-order valence-electron chi connectivity index (χ2n) is 4.06. The number of nitrogens with one attached hydrogen (secondary N) is 1. The summed E-state index contributed by atoms with van der Waals surface area (Å²) in [4.78, 5) is 3.92. The summed E-state index contributed by atoms with van der Waals surface area (Å²) in [6.07, 6.45) is 3.16. The van der Waals surface area contributed by atoms with Crippen molar-refractivity contribution in [1.29, 1.82) is 0 Å². The highest BCUT2D eigenvalue weighted by Crippen LogP contribution is 2.27. The number of aryl methyl sites for hydroxylation is 1. The van der Waals surface area contributed by atoms with Gasteiger partial charge in [-0.05, 0) is 41.8 Å². The highest BCUT2D eigenvalue weighted by molar-refractivity contribution is 6.31. The minimum Gasteiger partial charge on any atom is -0.271 e. The number of hydrazine groups is 1. The lowest BCUT2D eigenvalue weighted by atomic mass is 9.98. The summed E-state index contributed by atoms with van der Waals surface area (Å²) in [5.74, 6) is 5.26. The molecule has 0 radical (unpaired) electrons. The molecule has 0 saturated heterocycles. The predicted molar refractivity (Wildman–Crippen MR) is 69.6 cm³/mol. The molecule has 5 heteroatoms. The van der Waals surface area contributed by atoms with Crippen molar-refractivity contribution in [2.24, 2.45) is 5.84 Å². The molecular formula is C13H13ClFN3. The van der Waals surface area contributed by atoms with Crippen molar-refractivity contribution in [1.82, 2.24) is 10.4 Å². The number of rotatable bonds is 3. The van der Waals surface area contributed by atoms with Gasteiger partial charge in [0, 0.05) is 12.4 Å². The third-order valence-corrected chi connectivity index (χ3v) is 3.00. The molecule has 0 amide bonds. The van der Waals surface area contributed by atoms with Crippen molar-refractivity contribution in [3.63, 3.8) is 0 Å². The molecule has 0 aliphatic rings. The molecule has 3 nitrogen and oxygen atoms in total. The Morgan fingerprint density at radius 1 is 1.39 bits per heavy atom. The Labute approximate surface area is 110 Å². The number of benzene rings is 1. The van der Waals surface area contributed by atoms with Crippen LogP contribution < -0.4 is 11.3 Å². The van der Waals surface area contributed by atoms with E-state index in [-0.39, 0.29) is 11.9 Å². The highest BCUT2D eigenvalue weighted by Gasteiger charge is 2.16. The van der Waals surface area contributed by atoms with E-state index in [4.69, 9.17) is 17.4 Å². The molecule has 0 bridgehead atoms. The molecule has 1 atom stereocenters. The van der Waals surface area contributed by atoms with Crippen LogP contribution >= 0.6 is 11.6 Å². The summed E-state index contributed by atoms with van der Waals surface area (Å²) < 4.78 is 13.4. The van der Waals surface area contributed by atoms with Crippen LogP contribution in [0.1, 0.15) is 22.7 Å². The van der Waals surface area contributed by atoms with Crippen molar-refractivity contribution in [2.45, 2.75) is 13.0 Å². The number of nitrogens with two attached hydrogens (primary N) is 1. The van der Waals surface area contributed by atoms with Gasteiger partial charge in [-0.2, -0.15) is 0 Å². The average Bonchev–Trinajstić information content (AvgIpc) is 2.31. The topological polar surface area (TPSA) is 50.9 Å². The summed E-state index contributed by atoms with van der Waals surface area (Å²) in [7, 11) is 0. The van der Waals surface area contributed by atoms with Crippen LogP contribution in [0.3, 0.4) is 0 Å². The molecule has 1 unspecified atom stereocenters. The fraction of sp³-hybridized carbons (Fsp3) is 0.154. The van der Waals surface area contributed by atoms with Crippen molar-refractivity contribution >= 4 is 11.6 Å². The summed E-state index contributed by atoms with van der Waals surface area (Å²) >= 11 is 6.08. The zero-order valence-corrected chi connectivity index (χ0v) is 10.6. The summed E-state index contributed by atoms with van der Waals surface area (Å²) in [6, 6.07) is 6.16. The van der Waals surface area contributed by atoms with Gasteiger partial charge in [0.2, 0.25) is 0 Å². The van der Waals surface area contributed by atoms with Gasteiger partial charge in [-0.25, -0.2) is 9.82 Å². The molecule has 1 aromatic heterocycles. The van der Waals surface area contributed by atoms with E-state index < -0.39 is 0 Å². The van der Waals surface area contributed by atoms with Gasteiger partial charge in [-0.15, -0.1) is 0 Å². The van der Waals surface area contributed by atoms with Gasteiger partial charge in [0.1, 0.15) is 5.82 Å². The molecule has 18 heavy (non-hydrogen) atoms. The van der Waals surface area contributed by atoms with Gasteiger partial charge in [0.25, 0.3) is 0 Å². The molecule has 1 aromatic carbocycles. The van der Waals surface area contributed by atoms with Gasteiger partial charge < -0.3 is 0 Å². The van der Waals surface area contributed by atoms with Crippen LogP contribution in [-0.4, -0.2) is 4.98 Å². The largest absolute Gasteiger partial charge is 0.271 e. The first-order valence-corrected chi connectivity index (χ1v) is 5.82. The van der Waals surface area contributed by atoms with E-state index in [1.165, 1.54) is 18.3 Å². The Morgan fingerprint density at radius 3 is 2.78 bits per heavy atom. The minimum absolute atomic E-state index is 0.296. The van der Waals surface area contributed by atoms with Crippen LogP contribution in [0.2, 0.25) is 5.02 Å². The predicted octanol–water partition coefficient (Wildman–Crippen LogP) is 2.74. The molecule has 0 aliphatic carbocycles. The van der Waals surface area contributed by atoms with Crippen LogP contribution in [0, 0.1) is 12.7 Å². The molecule has 0 aliphatic heterocycles. The van der Waals surface area contributed by atoms with Crippen LogP contribution in [-0.2, 0) is 0 Å². The minimum atomic E-state index is -0.366. The maximum absolute atomic E-state index is 13.4. The molecule has 3 N–H and O–H groups in total. The van der Waals surface area contributed by atoms with Gasteiger partial charge in [0.15, 0.2) is 0 Å². The smallest absolute Gasteiger partial charge is 0.123 e. The number of aromatic nitrogens is 1. The Morgan fingerprint density at radius 2 is 2.17 bits per heavy atom. The van der Waals surface area contributed by atoms with Crippen molar-refractivity contribution in [3.05, 3.63) is 64.2 Å². The van der Waals surface area contributed by atoms with E-state index in [9.17, 15) is 4.39 Å². The second kappa shape index (κ2) is 5.44. The molecule has 0 fully saturated rings. The van der Waals surface area contributed by atoms with E-state index >= 15 is 0 Å². The lowest BCUT2D eigenvalue weighted by Crippen LogP contribution is -2.29. The zero-order valence-electron chi connectivity index (χ0n) is 9.82. The third-order valence-electron chi connectivity index (χ3n) is 2.68. The van der Waals surface area contributed by atoms with E-state index in [1.54, 1.807) is 12.3 Å². The van der Waals surface area contributed by atoms with Gasteiger partial charge in [0.05, 0.1) is 11.1 Å². The van der Waals surface area contributed by atoms with Gasteiger partial charge >= 0.3 is 0 Å². The Hall–Kier alpha value is -1.49. The Kier molecular flexibility index (Phi) is 3.91. The van der Waals surface area contributed by atoms with Crippen molar-refractivity contribution in [2.75, 3.05) is 0 Å². The van der Waals surface area contributed by atoms with E-state index in [1.807, 2.05) is 13.0 Å². The van der Waals surface area contributed by atoms with E-state index in [2.05, 4.69) is 10.4 Å². The lowest BCUT2D eigenvalue weighted by molar-refractivity contribution is 0.603. The fourth-order valence-corrected chi connectivity index (χ4v) is 2.15. The number of pyridine rings is 1. The van der Waals surface area contributed by atoms with Crippen LogP contribution in [0.15, 0.2) is 36.7 Å². The highest BCUT2D eigenvalue weighted by atomic mass is 35.5. The van der Waals surface area contributed by atoms with Crippen LogP contribution in [0.5, 0.6) is 0 Å². The van der Waals surface area contributed by atoms with E-state index in [0.717, 1.165) is 16.7 Å². The summed E-state index contributed by atoms with van der Waals surface area (Å²) in [6.45, 7) is 1.83. The Balaban J connectivity index is 2.48. The molecule has 1 heterocycles. The monoisotopic (exact) mass is 265 g/mol. The van der Waals surface area contributed by atoms with Gasteiger partial charge in [-0.1, -0.05) is 17.7 Å². The van der Waals surface area contributed by atoms with Crippen LogP contribution in [0.4, 0.5) is 4.39 Å². The number of halogens is 2. The molecular weight excluding hydrogens is 253 g/mol. The number of hydrogen-bond donors (Lipinski definition) is 2. The third kappa shape index (κ3) is 2.67. The number of hydrogen-bond acceptors (Lipinski definition) is 3. The van der Waals surface area contributed by atoms with Gasteiger partial charge in [-0.3, -0.25) is 10.8 Å². The molecule has 0 spiro atoms. The van der Waals surface area contributed by atoms with Crippen molar-refractivity contribution < 1.29 is 4.39 Å². The Bertz CT molecular complexity index is 539. The summed E-state index contributed by atoms with van der Waals surface area (Å²) in [5, 5.41) is 0.488. The molecule has 0 saturated carbocycles. The normalized spacial score (nSPS) is 12.4. The van der Waals surface area contributed by atoms with Crippen molar-refractivity contribution in [3.8, 4) is 0 Å². The first-order chi connectivity index (χ1) is 8.61. The molecule has 94 valence electrons. The first-order valence-electron chi connectivity index (χ1n) is 5.44. The quantitative estimate of drug-likeness (QED) is 0.663.